The number of hydrogen-bond acceptors (Lipinski definition) is 3. The molecule has 2 aliphatic rings. The lowest BCUT2D eigenvalue weighted by Crippen LogP contribution is -2.36. The van der Waals surface area contributed by atoms with Gasteiger partial charge >= 0.3 is 0 Å². The summed E-state index contributed by atoms with van der Waals surface area (Å²) < 4.78 is 24.2. The average Bonchev–Trinajstić information content (AvgIpc) is 2.98. The number of methoxy groups -OCH3 is 1. The Morgan fingerprint density at radius 2 is 2.33 bits per heavy atom. The van der Waals surface area contributed by atoms with E-state index in [1.54, 1.807) is 6.07 Å². The van der Waals surface area contributed by atoms with Gasteiger partial charge in [0.15, 0.2) is 11.6 Å². The number of rotatable bonds is 4. The molecule has 0 radical (unpaired) electrons. The lowest BCUT2D eigenvalue weighted by molar-refractivity contribution is 0.0973. The summed E-state index contributed by atoms with van der Waals surface area (Å²) >= 11 is 0. The normalized spacial score (nSPS) is 29.8. The minimum atomic E-state index is -0.305. The Kier molecular flexibility index (Phi) is 3.22. The fourth-order valence-corrected chi connectivity index (χ4v) is 2.92. The number of benzene rings is 1. The topological polar surface area (TPSA) is 30.5 Å². The van der Waals surface area contributed by atoms with Crippen LogP contribution in [0.3, 0.4) is 0 Å². The summed E-state index contributed by atoms with van der Waals surface area (Å²) in [5.41, 5.74) is 0.941. The molecule has 0 aromatic heterocycles. The van der Waals surface area contributed by atoms with Crippen LogP contribution in [0.2, 0.25) is 0 Å². The summed E-state index contributed by atoms with van der Waals surface area (Å²) in [6.07, 6.45) is 4.24. The first-order valence-electron chi connectivity index (χ1n) is 6.47. The molecule has 1 aromatic carbocycles. The van der Waals surface area contributed by atoms with Crippen molar-refractivity contribution in [2.45, 2.75) is 44.1 Å². The standard InChI is InChI=1S/C14H18FNO2/c1-17-13-4-2-9(6-11(13)15)8-16-12-7-10-3-5-14(12)18-10/h2,4,6,10,12,14,16H,3,5,7-8H2,1H3. The molecule has 0 aliphatic carbocycles. The maximum Gasteiger partial charge on any atom is 0.165 e. The molecule has 0 saturated carbocycles. The van der Waals surface area contributed by atoms with Crippen molar-refractivity contribution in [3.63, 3.8) is 0 Å². The van der Waals surface area contributed by atoms with Gasteiger partial charge in [0.2, 0.25) is 0 Å². The maximum absolute atomic E-state index is 13.5. The molecular formula is C14H18FNO2. The van der Waals surface area contributed by atoms with E-state index >= 15 is 0 Å². The number of nitrogens with one attached hydrogen (secondary N) is 1. The van der Waals surface area contributed by atoms with Crippen LogP contribution in [0.4, 0.5) is 4.39 Å². The number of ether oxygens (including phenoxy) is 2. The highest BCUT2D eigenvalue weighted by atomic mass is 19.1. The van der Waals surface area contributed by atoms with Crippen molar-refractivity contribution in [3.8, 4) is 5.75 Å². The third-order valence-corrected chi connectivity index (χ3v) is 3.89. The van der Waals surface area contributed by atoms with E-state index in [1.807, 2.05) is 6.07 Å². The number of hydrogen-bond donors (Lipinski definition) is 1. The molecule has 3 unspecified atom stereocenters. The smallest absolute Gasteiger partial charge is 0.165 e. The third-order valence-electron chi connectivity index (χ3n) is 3.89. The maximum atomic E-state index is 13.5. The second kappa shape index (κ2) is 4.86. The summed E-state index contributed by atoms with van der Waals surface area (Å²) in [5, 5.41) is 3.46. The molecular weight excluding hydrogens is 233 g/mol. The number of fused-ring (bicyclic) bond motifs is 2. The zero-order valence-corrected chi connectivity index (χ0v) is 10.5. The predicted molar refractivity (Wildman–Crippen MR) is 66.1 cm³/mol. The summed E-state index contributed by atoms with van der Waals surface area (Å²) in [6, 6.07) is 5.51. The Balaban J connectivity index is 1.58. The third kappa shape index (κ3) is 2.22. The molecule has 98 valence electrons. The van der Waals surface area contributed by atoms with Gasteiger partial charge in [-0.05, 0) is 37.0 Å². The van der Waals surface area contributed by atoms with Crippen molar-refractivity contribution in [1.29, 1.82) is 0 Å². The SMILES string of the molecule is COc1ccc(CNC2CC3CCC2O3)cc1F. The van der Waals surface area contributed by atoms with E-state index in [-0.39, 0.29) is 5.82 Å². The van der Waals surface area contributed by atoms with Gasteiger partial charge in [-0.3, -0.25) is 0 Å². The van der Waals surface area contributed by atoms with Crippen molar-refractivity contribution in [1.82, 2.24) is 5.32 Å². The van der Waals surface area contributed by atoms with E-state index in [2.05, 4.69) is 5.32 Å². The molecule has 1 aromatic rings. The van der Waals surface area contributed by atoms with E-state index in [0.717, 1.165) is 18.4 Å². The molecule has 3 atom stereocenters. The van der Waals surface area contributed by atoms with Gasteiger partial charge in [0.25, 0.3) is 0 Å². The van der Waals surface area contributed by atoms with Gasteiger partial charge < -0.3 is 14.8 Å². The van der Waals surface area contributed by atoms with Gasteiger partial charge in [-0.2, -0.15) is 0 Å². The van der Waals surface area contributed by atoms with Crippen LogP contribution >= 0.6 is 0 Å². The van der Waals surface area contributed by atoms with Crippen LogP contribution in [0.15, 0.2) is 18.2 Å². The second-order valence-electron chi connectivity index (χ2n) is 5.07. The first kappa shape index (κ1) is 11.9. The van der Waals surface area contributed by atoms with E-state index in [9.17, 15) is 4.39 Å². The van der Waals surface area contributed by atoms with Gasteiger partial charge in [-0.1, -0.05) is 6.07 Å². The Morgan fingerprint density at radius 1 is 1.44 bits per heavy atom. The van der Waals surface area contributed by atoms with Crippen molar-refractivity contribution in [2.24, 2.45) is 0 Å². The first-order valence-corrected chi connectivity index (χ1v) is 6.47. The van der Waals surface area contributed by atoms with Crippen molar-refractivity contribution in [2.75, 3.05) is 7.11 Å². The molecule has 2 heterocycles. The quantitative estimate of drug-likeness (QED) is 0.890. The molecule has 18 heavy (non-hydrogen) atoms. The zero-order valence-electron chi connectivity index (χ0n) is 10.5. The van der Waals surface area contributed by atoms with E-state index < -0.39 is 0 Å². The Morgan fingerprint density at radius 3 is 2.94 bits per heavy atom. The van der Waals surface area contributed by atoms with Gasteiger partial charge in [-0.25, -0.2) is 4.39 Å². The van der Waals surface area contributed by atoms with E-state index in [1.165, 1.54) is 19.6 Å². The molecule has 3 rings (SSSR count). The number of halogens is 1. The minimum Gasteiger partial charge on any atom is -0.494 e. The van der Waals surface area contributed by atoms with Crippen LogP contribution in [0, 0.1) is 5.82 Å². The van der Waals surface area contributed by atoms with Gasteiger partial charge in [0.1, 0.15) is 0 Å². The van der Waals surface area contributed by atoms with Gasteiger partial charge in [-0.15, -0.1) is 0 Å². The van der Waals surface area contributed by atoms with E-state index in [4.69, 9.17) is 9.47 Å². The minimum absolute atomic E-state index is 0.294. The molecule has 2 fully saturated rings. The summed E-state index contributed by atoms with van der Waals surface area (Å²) in [6.45, 7) is 0.679. The summed E-state index contributed by atoms with van der Waals surface area (Å²) in [5.74, 6) is -0.0111. The predicted octanol–water partition coefficient (Wildman–Crippen LogP) is 2.24. The molecule has 1 N–H and O–H groups in total. The summed E-state index contributed by atoms with van der Waals surface area (Å²) in [4.78, 5) is 0. The molecule has 0 amide bonds. The second-order valence-corrected chi connectivity index (χ2v) is 5.07. The monoisotopic (exact) mass is 251 g/mol. The Labute approximate surface area is 106 Å². The molecule has 4 heteroatoms. The molecule has 2 aliphatic heterocycles. The highest BCUT2D eigenvalue weighted by molar-refractivity contribution is 5.29. The van der Waals surface area contributed by atoms with Gasteiger partial charge in [0, 0.05) is 12.6 Å². The van der Waals surface area contributed by atoms with Crippen LogP contribution in [-0.4, -0.2) is 25.4 Å². The summed E-state index contributed by atoms with van der Waals surface area (Å²) in [7, 11) is 1.48. The van der Waals surface area contributed by atoms with E-state index in [0.29, 0.717) is 30.5 Å². The fraction of sp³-hybridized carbons (Fsp3) is 0.571. The van der Waals surface area contributed by atoms with Crippen LogP contribution in [0.5, 0.6) is 5.75 Å². The van der Waals surface area contributed by atoms with Crippen molar-refractivity contribution < 1.29 is 13.9 Å². The molecule has 2 saturated heterocycles. The highest BCUT2D eigenvalue weighted by Gasteiger charge is 2.40. The molecule has 2 bridgehead atoms. The van der Waals surface area contributed by atoms with Crippen LogP contribution < -0.4 is 10.1 Å². The first-order chi connectivity index (χ1) is 8.76. The Hall–Kier alpha value is -1.13. The largest absolute Gasteiger partial charge is 0.494 e. The average molecular weight is 251 g/mol. The highest BCUT2D eigenvalue weighted by Crippen LogP contribution is 2.34. The van der Waals surface area contributed by atoms with Crippen LogP contribution in [0.1, 0.15) is 24.8 Å². The van der Waals surface area contributed by atoms with Gasteiger partial charge in [0.05, 0.1) is 19.3 Å². The molecule has 0 spiro atoms. The fourth-order valence-electron chi connectivity index (χ4n) is 2.92. The lowest BCUT2D eigenvalue weighted by Gasteiger charge is -2.20. The van der Waals surface area contributed by atoms with Crippen molar-refractivity contribution in [3.05, 3.63) is 29.6 Å². The van der Waals surface area contributed by atoms with Crippen molar-refractivity contribution >= 4 is 0 Å². The van der Waals surface area contributed by atoms with Crippen LogP contribution in [0.25, 0.3) is 0 Å². The zero-order chi connectivity index (χ0) is 12.5. The lowest BCUT2D eigenvalue weighted by atomic mass is 9.95. The Bertz CT molecular complexity index is 438. The van der Waals surface area contributed by atoms with Crippen LogP contribution in [-0.2, 0) is 11.3 Å². The molecule has 3 nitrogen and oxygen atoms in total.